The monoisotopic (exact) mass is 301 g/mol. The fraction of sp³-hybridized carbons (Fsp3) is 0.294. The summed E-state index contributed by atoms with van der Waals surface area (Å²) in [6, 6.07) is 10.5. The second-order valence-electron chi connectivity index (χ2n) is 5.18. The van der Waals surface area contributed by atoms with Gasteiger partial charge in [0, 0.05) is 6.54 Å². The summed E-state index contributed by atoms with van der Waals surface area (Å²) >= 11 is 0. The Kier molecular flexibility index (Phi) is 4.65. The van der Waals surface area contributed by atoms with E-state index in [1.54, 1.807) is 44.2 Å². The minimum atomic E-state index is -1.14. The van der Waals surface area contributed by atoms with Gasteiger partial charge in [-0.05, 0) is 25.0 Å². The summed E-state index contributed by atoms with van der Waals surface area (Å²) in [4.78, 5) is 24.0. The first-order chi connectivity index (χ1) is 10.5. The third kappa shape index (κ3) is 2.88. The van der Waals surface area contributed by atoms with Gasteiger partial charge in [-0.3, -0.25) is 9.59 Å². The van der Waals surface area contributed by atoms with Crippen LogP contribution in [-0.4, -0.2) is 23.5 Å². The normalized spacial score (nSPS) is 13.4. The van der Waals surface area contributed by atoms with Crippen molar-refractivity contribution in [1.82, 2.24) is 5.32 Å². The van der Waals surface area contributed by atoms with Gasteiger partial charge in [-0.2, -0.15) is 0 Å². The highest BCUT2D eigenvalue weighted by molar-refractivity contribution is 5.95. The van der Waals surface area contributed by atoms with Gasteiger partial charge < -0.3 is 14.8 Å². The molecule has 1 aromatic carbocycles. The number of amides is 1. The summed E-state index contributed by atoms with van der Waals surface area (Å²) in [5.41, 5.74) is -0.0492. The molecule has 2 rings (SSSR count). The van der Waals surface area contributed by atoms with Crippen LogP contribution >= 0.6 is 0 Å². The van der Waals surface area contributed by atoms with Crippen molar-refractivity contribution in [2.24, 2.45) is 0 Å². The largest absolute Gasteiger partial charge is 0.481 e. The van der Waals surface area contributed by atoms with Crippen molar-refractivity contribution in [3.05, 3.63) is 59.5 Å². The van der Waals surface area contributed by atoms with E-state index in [4.69, 9.17) is 4.42 Å². The van der Waals surface area contributed by atoms with Crippen molar-refractivity contribution in [2.45, 2.75) is 25.7 Å². The van der Waals surface area contributed by atoms with Crippen LogP contribution in [0.3, 0.4) is 0 Å². The smallest absolute Gasteiger partial charge is 0.315 e. The van der Waals surface area contributed by atoms with Crippen molar-refractivity contribution in [3.63, 3.8) is 0 Å². The van der Waals surface area contributed by atoms with Gasteiger partial charge in [-0.15, -0.1) is 0 Å². The fourth-order valence-corrected chi connectivity index (χ4v) is 2.49. The standard InChI is InChI=1S/C17H19NO4/c1-3-17(16(20)21,13-7-5-4-6-8-13)11-18-15(19)14-9-10-22-12(14)2/h4-10H,3,11H2,1-2H3,(H,18,19)(H,20,21). The lowest BCUT2D eigenvalue weighted by molar-refractivity contribution is -0.143. The van der Waals surface area contributed by atoms with Crippen LogP contribution in [0.25, 0.3) is 0 Å². The molecule has 0 spiro atoms. The number of nitrogens with one attached hydrogen (secondary N) is 1. The maximum atomic E-state index is 12.2. The maximum Gasteiger partial charge on any atom is 0.315 e. The molecule has 22 heavy (non-hydrogen) atoms. The molecule has 1 amide bonds. The van der Waals surface area contributed by atoms with Gasteiger partial charge in [0.15, 0.2) is 0 Å². The SMILES string of the molecule is CCC(CNC(=O)c1ccoc1C)(C(=O)O)c1ccccc1. The molecule has 0 saturated carbocycles. The van der Waals surface area contributed by atoms with E-state index in [9.17, 15) is 14.7 Å². The number of rotatable bonds is 6. The van der Waals surface area contributed by atoms with Crippen LogP contribution in [0.15, 0.2) is 47.1 Å². The lowest BCUT2D eigenvalue weighted by Gasteiger charge is -2.29. The number of carbonyl (C=O) groups is 2. The molecule has 2 N–H and O–H groups in total. The van der Waals surface area contributed by atoms with Crippen molar-refractivity contribution >= 4 is 11.9 Å². The van der Waals surface area contributed by atoms with Crippen LogP contribution in [0.2, 0.25) is 0 Å². The Morgan fingerprint density at radius 2 is 1.91 bits per heavy atom. The van der Waals surface area contributed by atoms with Crippen LogP contribution in [0.1, 0.15) is 35.0 Å². The van der Waals surface area contributed by atoms with Crippen LogP contribution in [-0.2, 0) is 10.2 Å². The van der Waals surface area contributed by atoms with Crippen LogP contribution in [0.5, 0.6) is 0 Å². The lowest BCUT2D eigenvalue weighted by Crippen LogP contribution is -2.46. The Balaban J connectivity index is 2.23. The summed E-state index contributed by atoms with van der Waals surface area (Å²) in [5.74, 6) is -0.777. The fourth-order valence-electron chi connectivity index (χ4n) is 2.49. The van der Waals surface area contributed by atoms with Gasteiger partial charge in [0.25, 0.3) is 5.91 Å². The minimum absolute atomic E-state index is 0.0201. The number of hydrogen-bond acceptors (Lipinski definition) is 3. The van der Waals surface area contributed by atoms with E-state index in [0.717, 1.165) is 0 Å². The number of furan rings is 1. The van der Waals surface area contributed by atoms with Crippen molar-refractivity contribution in [3.8, 4) is 0 Å². The molecule has 2 aromatic rings. The second-order valence-corrected chi connectivity index (χ2v) is 5.18. The van der Waals surface area contributed by atoms with Gasteiger partial charge in [-0.1, -0.05) is 37.3 Å². The Labute approximate surface area is 129 Å². The zero-order chi connectivity index (χ0) is 16.2. The molecule has 0 radical (unpaired) electrons. The average Bonchev–Trinajstić information content (AvgIpc) is 2.95. The summed E-state index contributed by atoms with van der Waals surface area (Å²) < 4.78 is 5.10. The summed E-state index contributed by atoms with van der Waals surface area (Å²) in [5, 5.41) is 12.4. The van der Waals surface area contributed by atoms with Crippen molar-refractivity contribution in [2.75, 3.05) is 6.54 Å². The number of aliphatic carboxylic acids is 1. The van der Waals surface area contributed by atoms with Gasteiger partial charge in [0.05, 0.1) is 11.8 Å². The van der Waals surface area contributed by atoms with Crippen molar-refractivity contribution in [1.29, 1.82) is 0 Å². The highest BCUT2D eigenvalue weighted by Gasteiger charge is 2.39. The number of benzene rings is 1. The second kappa shape index (κ2) is 6.47. The van der Waals surface area contributed by atoms with E-state index in [-0.39, 0.29) is 12.5 Å². The van der Waals surface area contributed by atoms with Gasteiger partial charge >= 0.3 is 5.97 Å². The summed E-state index contributed by atoms with van der Waals surface area (Å²) in [7, 11) is 0. The highest BCUT2D eigenvalue weighted by Crippen LogP contribution is 2.28. The zero-order valence-corrected chi connectivity index (χ0v) is 12.6. The molecule has 1 aromatic heterocycles. The van der Waals surface area contributed by atoms with E-state index in [1.165, 1.54) is 6.26 Å². The molecule has 0 bridgehead atoms. The predicted molar refractivity (Wildman–Crippen MR) is 81.8 cm³/mol. The molecular formula is C17H19NO4. The molecule has 0 aliphatic carbocycles. The van der Waals surface area contributed by atoms with E-state index < -0.39 is 11.4 Å². The highest BCUT2D eigenvalue weighted by atomic mass is 16.4. The molecule has 1 atom stereocenters. The van der Waals surface area contributed by atoms with E-state index in [2.05, 4.69) is 5.32 Å². The lowest BCUT2D eigenvalue weighted by atomic mass is 9.78. The third-order valence-corrected chi connectivity index (χ3v) is 3.99. The van der Waals surface area contributed by atoms with E-state index in [0.29, 0.717) is 23.3 Å². The topological polar surface area (TPSA) is 79.5 Å². The average molecular weight is 301 g/mol. The predicted octanol–water partition coefficient (Wildman–Crippen LogP) is 2.75. The number of hydrogen-bond donors (Lipinski definition) is 2. The molecule has 5 nitrogen and oxygen atoms in total. The molecule has 5 heteroatoms. The minimum Gasteiger partial charge on any atom is -0.481 e. The molecule has 0 saturated heterocycles. The molecule has 0 fully saturated rings. The Morgan fingerprint density at radius 3 is 2.41 bits per heavy atom. The number of carboxylic acid groups (broad SMARTS) is 1. The molecule has 1 heterocycles. The first-order valence-electron chi connectivity index (χ1n) is 7.12. The molecule has 0 aliphatic heterocycles. The van der Waals surface area contributed by atoms with E-state index in [1.807, 2.05) is 6.07 Å². The Hall–Kier alpha value is -2.56. The van der Waals surface area contributed by atoms with Crippen LogP contribution in [0, 0.1) is 6.92 Å². The summed E-state index contributed by atoms with van der Waals surface area (Å²) in [6.45, 7) is 3.51. The molecule has 116 valence electrons. The van der Waals surface area contributed by atoms with Crippen LogP contribution in [0.4, 0.5) is 0 Å². The van der Waals surface area contributed by atoms with E-state index >= 15 is 0 Å². The summed E-state index contributed by atoms with van der Waals surface area (Å²) in [6.07, 6.45) is 1.81. The molecule has 0 aliphatic rings. The number of aryl methyl sites for hydroxylation is 1. The third-order valence-electron chi connectivity index (χ3n) is 3.99. The van der Waals surface area contributed by atoms with Crippen molar-refractivity contribution < 1.29 is 19.1 Å². The Bertz CT molecular complexity index is 662. The first kappa shape index (κ1) is 15.8. The Morgan fingerprint density at radius 1 is 1.23 bits per heavy atom. The maximum absolute atomic E-state index is 12.2. The van der Waals surface area contributed by atoms with Gasteiger partial charge in [0.2, 0.25) is 0 Å². The number of carboxylic acids is 1. The van der Waals surface area contributed by atoms with Gasteiger partial charge in [-0.25, -0.2) is 0 Å². The van der Waals surface area contributed by atoms with Crippen LogP contribution < -0.4 is 5.32 Å². The molecule has 1 unspecified atom stereocenters. The quantitative estimate of drug-likeness (QED) is 0.860. The first-order valence-corrected chi connectivity index (χ1v) is 7.12. The molecular weight excluding hydrogens is 282 g/mol. The van der Waals surface area contributed by atoms with Gasteiger partial charge in [0.1, 0.15) is 11.2 Å². The number of carbonyl (C=O) groups excluding carboxylic acids is 1. The zero-order valence-electron chi connectivity index (χ0n) is 12.6.